The number of hydrogen-bond donors (Lipinski definition) is 1. The Hall–Kier alpha value is -2.84. The molecule has 1 aromatic carbocycles. The number of urea groups is 1. The number of carbonyl (C=O) groups excluding carboxylic acids is 1. The number of benzene rings is 1. The molecule has 1 aromatic heterocycles. The smallest absolute Gasteiger partial charge is 0.324 e. The molecule has 0 atom stereocenters. The number of hydrogen-bond acceptors (Lipinski definition) is 3. The summed E-state index contributed by atoms with van der Waals surface area (Å²) in [6.45, 7) is 1.06. The highest BCUT2D eigenvalue weighted by molar-refractivity contribution is 5.88. The van der Waals surface area contributed by atoms with Crippen molar-refractivity contribution in [1.29, 1.82) is 0 Å². The number of halogens is 3. The first kappa shape index (κ1) is 20.9. The highest BCUT2D eigenvalue weighted by atomic mass is 19.4. The molecule has 1 aliphatic heterocycles. The fourth-order valence-electron chi connectivity index (χ4n) is 3.56. The zero-order valence-corrected chi connectivity index (χ0v) is 16.1. The molecule has 0 spiro atoms. The van der Waals surface area contributed by atoms with Crippen LogP contribution in [0.25, 0.3) is 0 Å². The largest absolute Gasteiger partial charge is 0.416 e. The van der Waals surface area contributed by atoms with Crippen LogP contribution in [0.4, 0.5) is 23.8 Å². The average Bonchev–Trinajstić information content (AvgIpc) is 2.69. The van der Waals surface area contributed by atoms with E-state index in [-0.39, 0.29) is 17.5 Å². The maximum atomic E-state index is 13.1. The summed E-state index contributed by atoms with van der Waals surface area (Å²) in [6.07, 6.45) is -1.84. The molecule has 0 aliphatic carbocycles. The number of rotatable bonds is 4. The van der Waals surface area contributed by atoms with Crippen molar-refractivity contribution in [3.63, 3.8) is 0 Å². The molecule has 2 heterocycles. The van der Waals surface area contributed by atoms with Gasteiger partial charge in [0.2, 0.25) is 0 Å². The van der Waals surface area contributed by atoms with Crippen molar-refractivity contribution in [3.8, 4) is 0 Å². The molecule has 6 nitrogen and oxygen atoms in total. The Morgan fingerprint density at radius 1 is 1.17 bits per heavy atom. The van der Waals surface area contributed by atoms with Gasteiger partial charge in [-0.15, -0.1) is 0 Å². The second-order valence-corrected chi connectivity index (χ2v) is 7.23. The molecule has 0 unspecified atom stereocenters. The van der Waals surface area contributed by atoms with Crippen LogP contribution in [0.2, 0.25) is 0 Å². The third-order valence-corrected chi connectivity index (χ3v) is 5.24. The maximum Gasteiger partial charge on any atom is 0.416 e. The highest BCUT2D eigenvalue weighted by Gasteiger charge is 2.33. The summed E-state index contributed by atoms with van der Waals surface area (Å²) < 4.78 is 40.5. The van der Waals surface area contributed by atoms with Crippen molar-refractivity contribution in [2.75, 3.05) is 18.4 Å². The number of amides is 2. The maximum absolute atomic E-state index is 13.1. The third kappa shape index (κ3) is 5.36. The predicted octanol–water partition coefficient (Wildman–Crippen LogP) is 3.68. The molecule has 1 saturated heterocycles. The number of nitrogens with zero attached hydrogens (tertiary/aromatic N) is 3. The van der Waals surface area contributed by atoms with Crippen molar-refractivity contribution < 1.29 is 18.0 Å². The Balaban J connectivity index is 1.50. The van der Waals surface area contributed by atoms with Gasteiger partial charge in [0, 0.05) is 26.2 Å². The van der Waals surface area contributed by atoms with Gasteiger partial charge in [0.15, 0.2) is 5.82 Å². The van der Waals surface area contributed by atoms with Crippen molar-refractivity contribution in [1.82, 2.24) is 14.7 Å². The minimum atomic E-state index is -4.34. The average molecular weight is 408 g/mol. The molecule has 1 N–H and O–H groups in total. The molecule has 0 saturated carbocycles. The van der Waals surface area contributed by atoms with Crippen LogP contribution in [0, 0.1) is 5.92 Å². The van der Waals surface area contributed by atoms with Gasteiger partial charge in [-0.1, -0.05) is 18.2 Å². The number of aromatic nitrogens is 2. The summed E-state index contributed by atoms with van der Waals surface area (Å²) in [5, 5.41) is 6.63. The van der Waals surface area contributed by atoms with Crippen LogP contribution < -0.4 is 10.9 Å². The number of aryl methyl sites for hydroxylation is 2. The van der Waals surface area contributed by atoms with Crippen LogP contribution in [0.1, 0.15) is 30.4 Å². The van der Waals surface area contributed by atoms with Gasteiger partial charge in [0.1, 0.15) is 0 Å². The van der Waals surface area contributed by atoms with Gasteiger partial charge in [-0.25, -0.2) is 9.48 Å². The Morgan fingerprint density at radius 3 is 2.52 bits per heavy atom. The number of anilines is 1. The molecule has 29 heavy (non-hydrogen) atoms. The Morgan fingerprint density at radius 2 is 1.86 bits per heavy atom. The van der Waals surface area contributed by atoms with E-state index in [0.29, 0.717) is 37.3 Å². The standard InChI is InChI=1S/C20H23F3N4O2/c1-26-18(28)9-8-17(25-26)24-19(29)27-12-10-14(11-13-27)6-7-15-4-2-3-5-16(15)20(21,22)23/h2-5,8-9,14H,6-7,10-13H2,1H3,(H,24,25,29). The second-order valence-electron chi connectivity index (χ2n) is 7.23. The monoisotopic (exact) mass is 408 g/mol. The zero-order valence-electron chi connectivity index (χ0n) is 16.1. The molecule has 0 bridgehead atoms. The molecule has 0 radical (unpaired) electrons. The minimum absolute atomic E-state index is 0.268. The minimum Gasteiger partial charge on any atom is -0.324 e. The van der Waals surface area contributed by atoms with Crippen LogP contribution in [0.3, 0.4) is 0 Å². The normalized spacial score (nSPS) is 15.4. The van der Waals surface area contributed by atoms with Crippen molar-refractivity contribution in [2.24, 2.45) is 13.0 Å². The Bertz CT molecular complexity index is 918. The van der Waals surface area contributed by atoms with Gasteiger partial charge in [0.25, 0.3) is 5.56 Å². The van der Waals surface area contributed by atoms with Crippen molar-refractivity contribution >= 4 is 11.8 Å². The van der Waals surface area contributed by atoms with Crippen molar-refractivity contribution in [2.45, 2.75) is 31.9 Å². The molecular formula is C20H23F3N4O2. The van der Waals surface area contributed by atoms with Crippen LogP contribution in [-0.2, 0) is 19.6 Å². The number of nitrogens with one attached hydrogen (secondary N) is 1. The number of piperidine rings is 1. The molecule has 156 valence electrons. The second kappa shape index (κ2) is 8.67. The first-order valence-corrected chi connectivity index (χ1v) is 9.49. The number of carbonyl (C=O) groups is 1. The molecule has 1 aliphatic rings. The topological polar surface area (TPSA) is 67.2 Å². The van der Waals surface area contributed by atoms with E-state index in [2.05, 4.69) is 10.4 Å². The fraction of sp³-hybridized carbons (Fsp3) is 0.450. The summed E-state index contributed by atoms with van der Waals surface area (Å²) in [7, 11) is 1.50. The van der Waals surface area contributed by atoms with E-state index in [4.69, 9.17) is 0 Å². The van der Waals surface area contributed by atoms with Gasteiger partial charge in [-0.05, 0) is 49.3 Å². The van der Waals surface area contributed by atoms with Gasteiger partial charge in [0.05, 0.1) is 5.56 Å². The SMILES string of the molecule is Cn1nc(NC(=O)N2CCC(CCc3ccccc3C(F)(F)F)CC2)ccc1=O. The van der Waals surface area contributed by atoms with Gasteiger partial charge in [-0.2, -0.15) is 18.3 Å². The van der Waals surface area contributed by atoms with Crippen LogP contribution >= 0.6 is 0 Å². The molecule has 9 heteroatoms. The fourth-order valence-corrected chi connectivity index (χ4v) is 3.56. The zero-order chi connectivity index (χ0) is 21.0. The van der Waals surface area contributed by atoms with Crippen LogP contribution in [-0.4, -0.2) is 33.8 Å². The van der Waals surface area contributed by atoms with Gasteiger partial charge >= 0.3 is 12.2 Å². The lowest BCUT2D eigenvalue weighted by Gasteiger charge is -2.32. The molecular weight excluding hydrogens is 385 g/mol. The number of likely N-dealkylation sites (tertiary alicyclic amines) is 1. The van der Waals surface area contributed by atoms with Crippen LogP contribution in [0.15, 0.2) is 41.2 Å². The number of alkyl halides is 3. The van der Waals surface area contributed by atoms with E-state index in [1.54, 1.807) is 11.0 Å². The van der Waals surface area contributed by atoms with E-state index < -0.39 is 11.7 Å². The van der Waals surface area contributed by atoms with E-state index in [1.807, 2.05) is 0 Å². The molecule has 2 amide bonds. The Labute approximate surface area is 166 Å². The molecule has 3 rings (SSSR count). The summed E-state index contributed by atoms with van der Waals surface area (Å²) in [4.78, 5) is 25.4. The highest BCUT2D eigenvalue weighted by Crippen LogP contribution is 2.33. The first-order chi connectivity index (χ1) is 13.7. The van der Waals surface area contributed by atoms with E-state index in [9.17, 15) is 22.8 Å². The van der Waals surface area contributed by atoms with Crippen LogP contribution in [0.5, 0.6) is 0 Å². The predicted molar refractivity (Wildman–Crippen MR) is 103 cm³/mol. The van der Waals surface area contributed by atoms with E-state index in [0.717, 1.165) is 23.6 Å². The quantitative estimate of drug-likeness (QED) is 0.839. The summed E-state index contributed by atoms with van der Waals surface area (Å²) in [5.41, 5.74) is -0.515. The van der Waals surface area contributed by atoms with E-state index >= 15 is 0 Å². The lowest BCUT2D eigenvalue weighted by Crippen LogP contribution is -2.41. The molecule has 1 fully saturated rings. The summed E-state index contributed by atoms with van der Waals surface area (Å²) in [6, 6.07) is 8.17. The third-order valence-electron chi connectivity index (χ3n) is 5.24. The lowest BCUT2D eigenvalue weighted by molar-refractivity contribution is -0.138. The summed E-state index contributed by atoms with van der Waals surface area (Å²) >= 11 is 0. The summed E-state index contributed by atoms with van der Waals surface area (Å²) in [5.74, 6) is 0.569. The van der Waals surface area contributed by atoms with Crippen molar-refractivity contribution in [3.05, 3.63) is 57.9 Å². The first-order valence-electron chi connectivity index (χ1n) is 9.49. The molecule has 2 aromatic rings. The Kier molecular flexibility index (Phi) is 6.24. The van der Waals surface area contributed by atoms with Gasteiger partial charge < -0.3 is 4.90 Å². The lowest BCUT2D eigenvalue weighted by atomic mass is 9.89. The van der Waals surface area contributed by atoms with E-state index in [1.165, 1.54) is 31.3 Å². The van der Waals surface area contributed by atoms with Gasteiger partial charge in [-0.3, -0.25) is 10.1 Å².